The molecule has 0 unspecified atom stereocenters. The van der Waals surface area contributed by atoms with E-state index in [1.165, 1.54) is 18.2 Å². The van der Waals surface area contributed by atoms with E-state index in [9.17, 15) is 13.2 Å². The maximum absolute atomic E-state index is 12.0. The molecule has 0 aliphatic carbocycles. The minimum atomic E-state index is -3.58. The lowest BCUT2D eigenvalue weighted by Crippen LogP contribution is -2.33. The number of nitrogens with zero attached hydrogens (tertiary/aromatic N) is 1. The predicted octanol–water partition coefficient (Wildman–Crippen LogP) is 1.73. The molecule has 1 N–H and O–H groups in total. The lowest BCUT2D eigenvalue weighted by Gasteiger charge is -2.23. The monoisotopic (exact) mass is 269 g/mol. The Labute approximate surface area is 106 Å². The molecule has 0 heterocycles. The van der Waals surface area contributed by atoms with E-state index in [0.29, 0.717) is 0 Å². The second kappa shape index (κ2) is 5.68. The molecule has 0 radical (unpaired) electrons. The molecule has 98 valence electrons. The van der Waals surface area contributed by atoms with E-state index in [2.05, 4.69) is 6.58 Å². The summed E-state index contributed by atoms with van der Waals surface area (Å²) in [6.07, 6.45) is 1.28. The van der Waals surface area contributed by atoms with Crippen LogP contribution in [-0.2, 0) is 10.0 Å². The Morgan fingerprint density at radius 2 is 2.06 bits per heavy atom. The largest absolute Gasteiger partial charge is 0.478 e. The number of rotatable bonds is 6. The van der Waals surface area contributed by atoms with Crippen LogP contribution in [0.1, 0.15) is 17.3 Å². The third-order valence-corrected chi connectivity index (χ3v) is 4.14. The molecule has 0 saturated heterocycles. The van der Waals surface area contributed by atoms with Gasteiger partial charge in [0, 0.05) is 6.54 Å². The maximum atomic E-state index is 12.0. The zero-order valence-electron chi connectivity index (χ0n) is 10.0. The first-order valence-electron chi connectivity index (χ1n) is 5.37. The molecule has 1 rings (SSSR count). The van der Waals surface area contributed by atoms with Crippen molar-refractivity contribution < 1.29 is 18.3 Å². The first-order valence-corrected chi connectivity index (χ1v) is 6.98. The minimum absolute atomic E-state index is 0.0352. The molecule has 0 aliphatic rings. The molecule has 18 heavy (non-hydrogen) atoms. The fourth-order valence-corrected chi connectivity index (χ4v) is 2.96. The van der Waals surface area contributed by atoms with Gasteiger partial charge in [0.2, 0.25) is 10.0 Å². The van der Waals surface area contributed by atoms with E-state index in [0.717, 1.165) is 4.31 Å². The number of anilines is 1. The van der Waals surface area contributed by atoms with Gasteiger partial charge in [-0.2, -0.15) is 0 Å². The van der Waals surface area contributed by atoms with E-state index in [4.69, 9.17) is 5.11 Å². The molecular weight excluding hydrogens is 254 g/mol. The van der Waals surface area contributed by atoms with E-state index in [-0.39, 0.29) is 23.5 Å². The van der Waals surface area contributed by atoms with Gasteiger partial charge < -0.3 is 5.11 Å². The summed E-state index contributed by atoms with van der Waals surface area (Å²) in [4.78, 5) is 11.1. The zero-order chi connectivity index (χ0) is 13.8. The lowest BCUT2D eigenvalue weighted by molar-refractivity contribution is 0.0698. The number of hydrogen-bond acceptors (Lipinski definition) is 3. The van der Waals surface area contributed by atoms with E-state index in [1.54, 1.807) is 19.1 Å². The van der Waals surface area contributed by atoms with Gasteiger partial charge in [0.05, 0.1) is 17.0 Å². The van der Waals surface area contributed by atoms with Crippen molar-refractivity contribution in [2.45, 2.75) is 6.92 Å². The van der Waals surface area contributed by atoms with Crippen molar-refractivity contribution in [1.82, 2.24) is 0 Å². The molecule has 0 saturated carbocycles. The first kappa shape index (κ1) is 14.2. The number of carbonyl (C=O) groups is 1. The SMILES string of the molecule is C=CCS(=O)(=O)N(CC)c1ccccc1C(=O)O. The number of sulfonamides is 1. The second-order valence-electron chi connectivity index (χ2n) is 3.55. The molecule has 0 bridgehead atoms. The fourth-order valence-electron chi connectivity index (χ4n) is 1.63. The average Bonchev–Trinajstić information content (AvgIpc) is 2.29. The van der Waals surface area contributed by atoms with Crippen LogP contribution in [0, 0.1) is 0 Å². The Morgan fingerprint density at radius 3 is 2.56 bits per heavy atom. The standard InChI is InChI=1S/C12H15NO4S/c1-3-9-18(16,17)13(4-2)11-8-6-5-7-10(11)12(14)15/h3,5-8H,1,4,9H2,2H3,(H,14,15). The summed E-state index contributed by atoms with van der Waals surface area (Å²) in [5.41, 5.74) is 0.140. The summed E-state index contributed by atoms with van der Waals surface area (Å²) < 4.78 is 25.1. The Bertz CT molecular complexity index is 551. The Kier molecular flexibility index (Phi) is 4.49. The summed E-state index contributed by atoms with van der Waals surface area (Å²) in [5.74, 6) is -1.38. The van der Waals surface area contributed by atoms with Crippen molar-refractivity contribution in [3.05, 3.63) is 42.5 Å². The summed E-state index contributed by atoms with van der Waals surface area (Å²) in [5, 5.41) is 9.06. The van der Waals surface area contributed by atoms with Gasteiger partial charge in [0.15, 0.2) is 0 Å². The van der Waals surface area contributed by atoms with Crippen molar-refractivity contribution in [3.8, 4) is 0 Å². The molecular formula is C12H15NO4S. The van der Waals surface area contributed by atoms with Crippen LogP contribution in [0.25, 0.3) is 0 Å². The van der Waals surface area contributed by atoms with Gasteiger partial charge in [-0.1, -0.05) is 18.2 Å². The van der Waals surface area contributed by atoms with Crippen LogP contribution < -0.4 is 4.31 Å². The van der Waals surface area contributed by atoms with Crippen LogP contribution in [0.3, 0.4) is 0 Å². The van der Waals surface area contributed by atoms with Crippen molar-refractivity contribution >= 4 is 21.7 Å². The smallest absolute Gasteiger partial charge is 0.337 e. The van der Waals surface area contributed by atoms with Crippen LogP contribution in [0.4, 0.5) is 5.69 Å². The van der Waals surface area contributed by atoms with Gasteiger partial charge in [-0.25, -0.2) is 13.2 Å². The Hall–Kier alpha value is -1.82. The lowest BCUT2D eigenvalue weighted by atomic mass is 10.2. The van der Waals surface area contributed by atoms with Gasteiger partial charge in [-0.3, -0.25) is 4.31 Å². The molecule has 0 spiro atoms. The highest BCUT2D eigenvalue weighted by Gasteiger charge is 2.23. The van der Waals surface area contributed by atoms with E-state index in [1.807, 2.05) is 0 Å². The predicted molar refractivity (Wildman–Crippen MR) is 70.4 cm³/mol. The number of aromatic carboxylic acids is 1. The van der Waals surface area contributed by atoms with Gasteiger partial charge in [-0.15, -0.1) is 6.58 Å². The van der Waals surface area contributed by atoms with Crippen molar-refractivity contribution in [2.24, 2.45) is 0 Å². The number of hydrogen-bond donors (Lipinski definition) is 1. The molecule has 0 atom stereocenters. The summed E-state index contributed by atoms with van der Waals surface area (Å²) >= 11 is 0. The summed E-state index contributed by atoms with van der Waals surface area (Å²) in [6.45, 7) is 5.21. The highest BCUT2D eigenvalue weighted by Crippen LogP contribution is 2.23. The third-order valence-electron chi connectivity index (χ3n) is 2.35. The topological polar surface area (TPSA) is 74.7 Å². The Balaban J connectivity index is 3.34. The number of benzene rings is 1. The van der Waals surface area contributed by atoms with Gasteiger partial charge in [0.1, 0.15) is 0 Å². The van der Waals surface area contributed by atoms with Gasteiger partial charge in [-0.05, 0) is 19.1 Å². The number of para-hydroxylation sites is 1. The molecule has 5 nitrogen and oxygen atoms in total. The van der Waals surface area contributed by atoms with E-state index >= 15 is 0 Å². The fraction of sp³-hybridized carbons (Fsp3) is 0.250. The Morgan fingerprint density at radius 1 is 1.44 bits per heavy atom. The quantitative estimate of drug-likeness (QED) is 0.798. The third kappa shape index (κ3) is 2.89. The van der Waals surface area contributed by atoms with Crippen molar-refractivity contribution in [3.63, 3.8) is 0 Å². The van der Waals surface area contributed by atoms with Crippen LogP contribution in [0.2, 0.25) is 0 Å². The van der Waals surface area contributed by atoms with Gasteiger partial charge >= 0.3 is 5.97 Å². The van der Waals surface area contributed by atoms with Crippen LogP contribution in [-0.4, -0.2) is 31.8 Å². The summed E-state index contributed by atoms with van der Waals surface area (Å²) in [6, 6.07) is 6.02. The normalized spacial score (nSPS) is 10.9. The molecule has 6 heteroatoms. The molecule has 1 aromatic carbocycles. The number of carboxylic acid groups (broad SMARTS) is 1. The van der Waals surface area contributed by atoms with Crippen molar-refractivity contribution in [2.75, 3.05) is 16.6 Å². The second-order valence-corrected chi connectivity index (χ2v) is 5.49. The molecule has 0 aliphatic heterocycles. The average molecular weight is 269 g/mol. The van der Waals surface area contributed by atoms with Crippen LogP contribution in [0.15, 0.2) is 36.9 Å². The maximum Gasteiger partial charge on any atom is 0.337 e. The van der Waals surface area contributed by atoms with Gasteiger partial charge in [0.25, 0.3) is 0 Å². The molecule has 1 aromatic rings. The van der Waals surface area contributed by atoms with Crippen LogP contribution in [0.5, 0.6) is 0 Å². The highest BCUT2D eigenvalue weighted by atomic mass is 32.2. The highest BCUT2D eigenvalue weighted by molar-refractivity contribution is 7.92. The van der Waals surface area contributed by atoms with E-state index < -0.39 is 16.0 Å². The van der Waals surface area contributed by atoms with Crippen molar-refractivity contribution in [1.29, 1.82) is 0 Å². The zero-order valence-corrected chi connectivity index (χ0v) is 10.9. The molecule has 0 fully saturated rings. The molecule has 0 amide bonds. The first-order chi connectivity index (χ1) is 8.44. The minimum Gasteiger partial charge on any atom is -0.478 e. The van der Waals surface area contributed by atoms with Crippen LogP contribution >= 0.6 is 0 Å². The molecule has 0 aromatic heterocycles. The summed E-state index contributed by atoms with van der Waals surface area (Å²) in [7, 11) is -3.58. The number of carboxylic acids is 1.